The topological polar surface area (TPSA) is 54.4 Å². The van der Waals surface area contributed by atoms with E-state index in [1.54, 1.807) is 6.92 Å². The molecule has 0 aliphatic carbocycles. The Labute approximate surface area is 153 Å². The fourth-order valence-corrected chi connectivity index (χ4v) is 1.86. The van der Waals surface area contributed by atoms with Crippen molar-refractivity contribution in [2.75, 3.05) is 0 Å². The van der Waals surface area contributed by atoms with Gasteiger partial charge in [0, 0.05) is 12.0 Å². The molecule has 25 heavy (non-hydrogen) atoms. The van der Waals surface area contributed by atoms with Gasteiger partial charge in [0.1, 0.15) is 0 Å². The highest BCUT2D eigenvalue weighted by Gasteiger charge is 2.00. The van der Waals surface area contributed by atoms with Gasteiger partial charge in [-0.1, -0.05) is 77.1 Å². The predicted molar refractivity (Wildman–Crippen MR) is 108 cm³/mol. The average molecular weight is 347 g/mol. The lowest BCUT2D eigenvalue weighted by Gasteiger charge is -2.04. The van der Waals surface area contributed by atoms with Crippen molar-refractivity contribution in [3.05, 3.63) is 53.6 Å². The molecule has 0 aliphatic heterocycles. The van der Waals surface area contributed by atoms with E-state index >= 15 is 0 Å². The van der Waals surface area contributed by atoms with E-state index in [2.05, 4.69) is 32.1 Å². The molecule has 0 saturated heterocycles. The van der Waals surface area contributed by atoms with Gasteiger partial charge in [-0.3, -0.25) is 9.59 Å². The monoisotopic (exact) mass is 346 g/mol. The second-order valence-electron chi connectivity index (χ2n) is 5.16. The Hall–Kier alpha value is -2.16. The highest BCUT2D eigenvalue weighted by molar-refractivity contribution is 5.94. The van der Waals surface area contributed by atoms with Crippen LogP contribution < -0.4 is 0 Å². The molecule has 0 fully saturated rings. The van der Waals surface area contributed by atoms with Crippen LogP contribution in [0.4, 0.5) is 0 Å². The second-order valence-corrected chi connectivity index (χ2v) is 5.16. The van der Waals surface area contributed by atoms with Gasteiger partial charge < -0.3 is 5.11 Å². The zero-order chi connectivity index (χ0) is 19.7. The lowest BCUT2D eigenvalue weighted by atomic mass is 10.0. The van der Waals surface area contributed by atoms with Gasteiger partial charge in [-0.2, -0.15) is 0 Å². The van der Waals surface area contributed by atoms with Gasteiger partial charge in [-0.15, -0.1) is 0 Å². The first-order chi connectivity index (χ1) is 12.0. The quantitative estimate of drug-likeness (QED) is 0.450. The third kappa shape index (κ3) is 12.9. The molecule has 0 aromatic heterocycles. The second kappa shape index (κ2) is 16.7. The molecule has 0 saturated carbocycles. The third-order valence-electron chi connectivity index (χ3n) is 3.05. The summed E-state index contributed by atoms with van der Waals surface area (Å²) in [6.45, 7) is 11.7. The number of aliphatic carboxylic acids is 1. The van der Waals surface area contributed by atoms with E-state index in [0.29, 0.717) is 6.42 Å². The van der Waals surface area contributed by atoms with Crippen LogP contribution in [-0.4, -0.2) is 16.9 Å². The molecule has 0 bridgehead atoms. The van der Waals surface area contributed by atoms with Gasteiger partial charge in [-0.25, -0.2) is 0 Å². The van der Waals surface area contributed by atoms with Crippen LogP contribution in [0.5, 0.6) is 0 Å². The van der Waals surface area contributed by atoms with Gasteiger partial charge in [0.15, 0.2) is 5.78 Å². The van der Waals surface area contributed by atoms with Crippen LogP contribution >= 0.6 is 0 Å². The summed E-state index contributed by atoms with van der Waals surface area (Å²) in [6, 6.07) is 7.80. The molecule has 0 radical (unpaired) electrons. The molecule has 140 valence electrons. The number of ketones is 1. The highest BCUT2D eigenvalue weighted by atomic mass is 16.4. The standard InChI is InChI=1S/C16H20O.C4H8O2.C2H6/c1-4-6-8-15(7-5-2)16-11-9-14(10-12-16)13(3)17;1-2-3-4(5)6;1-2/h6-12H,4-5H2,1-3H3;2-3H2,1H3,(H,5,6);1-2H3/b8-6-,15-7+;;. The lowest BCUT2D eigenvalue weighted by Crippen LogP contribution is -1.91. The first-order valence-electron chi connectivity index (χ1n) is 9.16. The SMILES string of the molecule is CC.CC/C=C\C(=C/CC)c1ccc(C(C)=O)cc1.CCCC(=O)O. The Morgan fingerprint density at radius 2 is 1.48 bits per heavy atom. The van der Waals surface area contributed by atoms with Crippen molar-refractivity contribution >= 4 is 17.3 Å². The van der Waals surface area contributed by atoms with E-state index in [4.69, 9.17) is 5.11 Å². The molecule has 1 rings (SSSR count). The van der Waals surface area contributed by atoms with Crippen LogP contribution in [0, 0.1) is 0 Å². The molecule has 0 amide bonds. The molecule has 3 heteroatoms. The Morgan fingerprint density at radius 1 is 0.960 bits per heavy atom. The molecule has 0 heterocycles. The lowest BCUT2D eigenvalue weighted by molar-refractivity contribution is -0.137. The van der Waals surface area contributed by atoms with Crippen LogP contribution in [0.15, 0.2) is 42.5 Å². The van der Waals surface area contributed by atoms with E-state index in [1.165, 1.54) is 11.1 Å². The zero-order valence-corrected chi connectivity index (χ0v) is 16.6. The van der Waals surface area contributed by atoms with Crippen molar-refractivity contribution in [1.29, 1.82) is 0 Å². The van der Waals surface area contributed by atoms with E-state index in [-0.39, 0.29) is 5.78 Å². The summed E-state index contributed by atoms with van der Waals surface area (Å²) in [5.74, 6) is -0.598. The number of hydrogen-bond donors (Lipinski definition) is 1. The maximum Gasteiger partial charge on any atom is 0.303 e. The number of carbonyl (C=O) groups is 2. The Balaban J connectivity index is 0. The predicted octanol–water partition coefficient (Wildman–Crippen LogP) is 6.55. The fraction of sp³-hybridized carbons (Fsp3) is 0.455. The summed E-state index contributed by atoms with van der Waals surface area (Å²) in [5.41, 5.74) is 3.16. The third-order valence-corrected chi connectivity index (χ3v) is 3.05. The molecule has 0 atom stereocenters. The van der Waals surface area contributed by atoms with Gasteiger partial charge in [0.25, 0.3) is 0 Å². The van der Waals surface area contributed by atoms with E-state index in [1.807, 2.05) is 45.0 Å². The smallest absolute Gasteiger partial charge is 0.303 e. The average Bonchev–Trinajstić information content (AvgIpc) is 2.61. The maximum atomic E-state index is 11.2. The van der Waals surface area contributed by atoms with Gasteiger partial charge >= 0.3 is 5.97 Å². The number of carboxylic acids is 1. The fourth-order valence-electron chi connectivity index (χ4n) is 1.86. The molecule has 1 aromatic rings. The van der Waals surface area contributed by atoms with Gasteiger partial charge in [0.2, 0.25) is 0 Å². The van der Waals surface area contributed by atoms with Crippen molar-refractivity contribution < 1.29 is 14.7 Å². The number of benzene rings is 1. The molecule has 0 aliphatic rings. The minimum atomic E-state index is -0.711. The highest BCUT2D eigenvalue weighted by Crippen LogP contribution is 2.18. The first kappa shape index (κ1) is 25.1. The Morgan fingerprint density at radius 3 is 1.80 bits per heavy atom. The van der Waals surface area contributed by atoms with Crippen molar-refractivity contribution in [2.45, 2.75) is 67.2 Å². The summed E-state index contributed by atoms with van der Waals surface area (Å²) in [7, 11) is 0. The van der Waals surface area contributed by atoms with E-state index in [0.717, 1.165) is 24.8 Å². The number of carboxylic acid groups (broad SMARTS) is 1. The number of allylic oxidation sites excluding steroid dienone is 4. The summed E-state index contributed by atoms with van der Waals surface area (Å²) in [5, 5.41) is 7.91. The van der Waals surface area contributed by atoms with Crippen LogP contribution in [-0.2, 0) is 4.79 Å². The number of hydrogen-bond acceptors (Lipinski definition) is 2. The number of carbonyl (C=O) groups excluding carboxylic acids is 1. The molecule has 0 spiro atoms. The van der Waals surface area contributed by atoms with Crippen molar-refractivity contribution in [1.82, 2.24) is 0 Å². The van der Waals surface area contributed by atoms with Crippen molar-refractivity contribution in [3.63, 3.8) is 0 Å². The first-order valence-corrected chi connectivity index (χ1v) is 9.16. The maximum absolute atomic E-state index is 11.2. The normalized spacial score (nSPS) is 10.4. The van der Waals surface area contributed by atoms with Gasteiger partial charge in [-0.05, 0) is 37.3 Å². The van der Waals surface area contributed by atoms with Crippen LogP contribution in [0.1, 0.15) is 83.1 Å². The molecule has 3 nitrogen and oxygen atoms in total. The summed E-state index contributed by atoms with van der Waals surface area (Å²) in [4.78, 5) is 20.8. The van der Waals surface area contributed by atoms with Gasteiger partial charge in [0.05, 0.1) is 0 Å². The minimum absolute atomic E-state index is 0.113. The van der Waals surface area contributed by atoms with Crippen molar-refractivity contribution in [2.24, 2.45) is 0 Å². The van der Waals surface area contributed by atoms with Crippen LogP contribution in [0.25, 0.3) is 5.57 Å². The zero-order valence-electron chi connectivity index (χ0n) is 16.6. The Bertz CT molecular complexity index is 537. The van der Waals surface area contributed by atoms with E-state index < -0.39 is 5.97 Å². The Kier molecular flexibility index (Phi) is 16.7. The molecular weight excluding hydrogens is 312 g/mol. The summed E-state index contributed by atoms with van der Waals surface area (Å²) < 4.78 is 0. The number of Topliss-reactive ketones (excluding diaryl/α,β-unsaturated/α-hetero) is 1. The minimum Gasteiger partial charge on any atom is -0.481 e. The van der Waals surface area contributed by atoms with Crippen LogP contribution in [0.3, 0.4) is 0 Å². The van der Waals surface area contributed by atoms with Crippen LogP contribution in [0.2, 0.25) is 0 Å². The van der Waals surface area contributed by atoms with Crippen molar-refractivity contribution in [3.8, 4) is 0 Å². The number of rotatable bonds is 7. The largest absolute Gasteiger partial charge is 0.481 e. The van der Waals surface area contributed by atoms with E-state index in [9.17, 15) is 9.59 Å². The summed E-state index contributed by atoms with van der Waals surface area (Å²) in [6.07, 6.45) is 9.57. The molecule has 1 N–H and O–H groups in total. The molecule has 1 aromatic carbocycles. The molecule has 0 unspecified atom stereocenters. The summed E-state index contributed by atoms with van der Waals surface area (Å²) >= 11 is 0. The molecular formula is C22H34O3.